The van der Waals surface area contributed by atoms with E-state index in [4.69, 9.17) is 0 Å². The van der Waals surface area contributed by atoms with Gasteiger partial charge in [-0.2, -0.15) is 0 Å². The summed E-state index contributed by atoms with van der Waals surface area (Å²) in [6.45, 7) is 4.60. The molecule has 1 amide bonds. The maximum absolute atomic E-state index is 11.5. The first-order valence-electron chi connectivity index (χ1n) is 5.74. The molecular weight excluding hydrogens is 220 g/mol. The van der Waals surface area contributed by atoms with Crippen LogP contribution in [0.15, 0.2) is 12.1 Å². The van der Waals surface area contributed by atoms with Gasteiger partial charge in [0.1, 0.15) is 0 Å². The third-order valence-corrected chi connectivity index (χ3v) is 3.88. The Morgan fingerprint density at radius 1 is 1.56 bits per heavy atom. The van der Waals surface area contributed by atoms with E-state index in [9.17, 15) is 4.79 Å². The van der Waals surface area contributed by atoms with Gasteiger partial charge in [-0.25, -0.2) is 0 Å². The molecule has 0 radical (unpaired) electrons. The molecule has 4 heteroatoms. The van der Waals surface area contributed by atoms with Crippen LogP contribution >= 0.6 is 11.3 Å². The van der Waals surface area contributed by atoms with E-state index < -0.39 is 0 Å². The highest BCUT2D eigenvalue weighted by atomic mass is 32.1. The molecule has 0 saturated heterocycles. The summed E-state index contributed by atoms with van der Waals surface area (Å²) < 4.78 is 0. The Kier molecular flexibility index (Phi) is 3.61. The zero-order valence-corrected chi connectivity index (χ0v) is 10.6. The predicted octanol–water partition coefficient (Wildman–Crippen LogP) is 1.99. The quantitative estimate of drug-likeness (QED) is 0.823. The number of amides is 1. The second-order valence-electron chi connectivity index (χ2n) is 4.39. The van der Waals surface area contributed by atoms with Gasteiger partial charge in [0, 0.05) is 21.8 Å². The lowest BCUT2D eigenvalue weighted by atomic mass is 10.2. The topological polar surface area (TPSA) is 41.1 Å². The first-order chi connectivity index (χ1) is 7.65. The number of nitrogens with one attached hydrogen (secondary N) is 2. The van der Waals surface area contributed by atoms with Crippen molar-refractivity contribution < 1.29 is 4.79 Å². The van der Waals surface area contributed by atoms with Gasteiger partial charge in [-0.05, 0) is 38.8 Å². The average Bonchev–Trinajstić information content (AvgIpc) is 2.95. The molecule has 1 aliphatic carbocycles. The van der Waals surface area contributed by atoms with Gasteiger partial charge in [0.25, 0.3) is 0 Å². The molecule has 2 N–H and O–H groups in total. The van der Waals surface area contributed by atoms with Crippen molar-refractivity contribution in [1.29, 1.82) is 0 Å². The van der Waals surface area contributed by atoms with Crippen LogP contribution in [0, 0.1) is 6.92 Å². The van der Waals surface area contributed by atoms with Crippen LogP contribution in [-0.4, -0.2) is 18.5 Å². The largest absolute Gasteiger partial charge is 0.352 e. The molecular formula is C12H18N2OS. The van der Waals surface area contributed by atoms with Crippen LogP contribution in [0.4, 0.5) is 0 Å². The van der Waals surface area contributed by atoms with E-state index in [-0.39, 0.29) is 11.9 Å². The molecule has 1 saturated carbocycles. The lowest BCUT2D eigenvalue weighted by Crippen LogP contribution is -2.35. The van der Waals surface area contributed by atoms with Crippen molar-refractivity contribution in [2.75, 3.05) is 6.54 Å². The van der Waals surface area contributed by atoms with Gasteiger partial charge < -0.3 is 10.6 Å². The summed E-state index contributed by atoms with van der Waals surface area (Å²) in [7, 11) is 0. The zero-order valence-electron chi connectivity index (χ0n) is 9.75. The minimum atomic E-state index is 0.114. The van der Waals surface area contributed by atoms with Gasteiger partial charge in [0.15, 0.2) is 0 Å². The van der Waals surface area contributed by atoms with Crippen LogP contribution in [-0.2, 0) is 4.79 Å². The fourth-order valence-electron chi connectivity index (χ4n) is 1.54. The van der Waals surface area contributed by atoms with Crippen LogP contribution in [0.3, 0.4) is 0 Å². The SMILES string of the molecule is Cc1ccc(C(C)NCC(=O)NC2CC2)s1. The highest BCUT2D eigenvalue weighted by molar-refractivity contribution is 7.12. The van der Waals surface area contributed by atoms with Crippen LogP contribution in [0.2, 0.25) is 0 Å². The van der Waals surface area contributed by atoms with E-state index in [2.05, 4.69) is 36.6 Å². The molecule has 1 unspecified atom stereocenters. The van der Waals surface area contributed by atoms with Crippen molar-refractivity contribution in [3.05, 3.63) is 21.9 Å². The maximum Gasteiger partial charge on any atom is 0.234 e. The summed E-state index contributed by atoms with van der Waals surface area (Å²) >= 11 is 1.78. The summed E-state index contributed by atoms with van der Waals surface area (Å²) in [4.78, 5) is 14.1. The Morgan fingerprint density at radius 3 is 2.88 bits per heavy atom. The van der Waals surface area contributed by atoms with Crippen molar-refractivity contribution >= 4 is 17.2 Å². The monoisotopic (exact) mass is 238 g/mol. The molecule has 2 rings (SSSR count). The lowest BCUT2D eigenvalue weighted by molar-refractivity contribution is -0.120. The molecule has 16 heavy (non-hydrogen) atoms. The number of thiophene rings is 1. The van der Waals surface area contributed by atoms with Crippen LogP contribution in [0.5, 0.6) is 0 Å². The molecule has 1 atom stereocenters. The van der Waals surface area contributed by atoms with Crippen LogP contribution < -0.4 is 10.6 Å². The second kappa shape index (κ2) is 4.97. The summed E-state index contributed by atoms with van der Waals surface area (Å²) in [6.07, 6.45) is 2.29. The highest BCUT2D eigenvalue weighted by Crippen LogP contribution is 2.22. The summed E-state index contributed by atoms with van der Waals surface area (Å²) in [6, 6.07) is 4.94. The number of hydrogen-bond acceptors (Lipinski definition) is 3. The molecule has 1 heterocycles. The van der Waals surface area contributed by atoms with E-state index in [0.29, 0.717) is 12.6 Å². The van der Waals surface area contributed by atoms with E-state index in [1.54, 1.807) is 11.3 Å². The van der Waals surface area contributed by atoms with Crippen molar-refractivity contribution in [3.8, 4) is 0 Å². The molecule has 0 aromatic carbocycles. The molecule has 3 nitrogen and oxygen atoms in total. The summed E-state index contributed by atoms with van der Waals surface area (Å²) in [5.74, 6) is 0.114. The average molecular weight is 238 g/mol. The minimum absolute atomic E-state index is 0.114. The first-order valence-corrected chi connectivity index (χ1v) is 6.56. The molecule has 0 spiro atoms. The maximum atomic E-state index is 11.5. The molecule has 0 aliphatic heterocycles. The van der Waals surface area contributed by atoms with Gasteiger partial charge in [0.05, 0.1) is 6.54 Å². The third-order valence-electron chi connectivity index (χ3n) is 2.70. The van der Waals surface area contributed by atoms with Gasteiger partial charge in [-0.15, -0.1) is 11.3 Å². The summed E-state index contributed by atoms with van der Waals surface area (Å²) in [5, 5.41) is 6.21. The smallest absolute Gasteiger partial charge is 0.234 e. The minimum Gasteiger partial charge on any atom is -0.352 e. The van der Waals surface area contributed by atoms with E-state index in [1.807, 2.05) is 0 Å². The second-order valence-corrected chi connectivity index (χ2v) is 5.71. The first kappa shape index (κ1) is 11.6. The van der Waals surface area contributed by atoms with Gasteiger partial charge in [0.2, 0.25) is 5.91 Å². The zero-order chi connectivity index (χ0) is 11.5. The Morgan fingerprint density at radius 2 is 2.31 bits per heavy atom. The number of carbonyl (C=O) groups is 1. The fraction of sp³-hybridized carbons (Fsp3) is 0.583. The molecule has 1 fully saturated rings. The third kappa shape index (κ3) is 3.32. The van der Waals surface area contributed by atoms with Crippen molar-refractivity contribution in [2.24, 2.45) is 0 Å². The Balaban J connectivity index is 1.74. The Labute approximate surface area is 100 Å². The van der Waals surface area contributed by atoms with E-state index in [0.717, 1.165) is 12.8 Å². The van der Waals surface area contributed by atoms with E-state index >= 15 is 0 Å². The van der Waals surface area contributed by atoms with Crippen molar-refractivity contribution in [3.63, 3.8) is 0 Å². The number of carbonyl (C=O) groups excluding carboxylic acids is 1. The number of aryl methyl sites for hydroxylation is 1. The lowest BCUT2D eigenvalue weighted by Gasteiger charge is -2.11. The molecule has 1 aromatic heterocycles. The Hall–Kier alpha value is -0.870. The standard InChI is InChI=1S/C12H18N2OS/c1-8-3-6-11(16-8)9(2)13-7-12(15)14-10-4-5-10/h3,6,9-10,13H,4-5,7H2,1-2H3,(H,14,15). The number of hydrogen-bond donors (Lipinski definition) is 2. The normalized spacial score (nSPS) is 17.1. The van der Waals surface area contributed by atoms with Gasteiger partial charge in [-0.1, -0.05) is 0 Å². The van der Waals surface area contributed by atoms with Gasteiger partial charge in [-0.3, -0.25) is 4.79 Å². The van der Waals surface area contributed by atoms with Crippen molar-refractivity contribution in [2.45, 2.75) is 38.8 Å². The van der Waals surface area contributed by atoms with E-state index in [1.165, 1.54) is 9.75 Å². The molecule has 0 bridgehead atoms. The number of rotatable bonds is 5. The highest BCUT2D eigenvalue weighted by Gasteiger charge is 2.23. The Bertz CT molecular complexity index is 371. The predicted molar refractivity (Wildman–Crippen MR) is 66.6 cm³/mol. The molecule has 1 aromatic rings. The molecule has 1 aliphatic rings. The van der Waals surface area contributed by atoms with Crippen molar-refractivity contribution in [1.82, 2.24) is 10.6 Å². The van der Waals surface area contributed by atoms with Gasteiger partial charge >= 0.3 is 0 Å². The summed E-state index contributed by atoms with van der Waals surface area (Å²) in [5.41, 5.74) is 0. The van der Waals surface area contributed by atoms with Crippen LogP contribution in [0.1, 0.15) is 35.6 Å². The van der Waals surface area contributed by atoms with Crippen LogP contribution in [0.25, 0.3) is 0 Å². The molecule has 88 valence electrons. The fourth-order valence-corrected chi connectivity index (χ4v) is 2.44.